The zero-order valence-corrected chi connectivity index (χ0v) is 8.33. The van der Waals surface area contributed by atoms with Gasteiger partial charge in [0.25, 0.3) is 10.1 Å². The van der Waals surface area contributed by atoms with Crippen molar-refractivity contribution in [2.75, 3.05) is 12.4 Å². The van der Waals surface area contributed by atoms with E-state index in [1.165, 1.54) is 0 Å². The monoisotopic (exact) mass is 244 g/mol. The van der Waals surface area contributed by atoms with Crippen LogP contribution >= 0.6 is 0 Å². The molecule has 0 bridgehead atoms. The van der Waals surface area contributed by atoms with Gasteiger partial charge < -0.3 is 25.2 Å². The van der Waals surface area contributed by atoms with Gasteiger partial charge in [0.1, 0.15) is 24.1 Å². The fourth-order valence-electron chi connectivity index (χ4n) is 1.34. The molecule has 0 aromatic heterocycles. The Kier molecular flexibility index (Phi) is 3.36. The van der Waals surface area contributed by atoms with Crippen LogP contribution in [0.5, 0.6) is 0 Å². The molecule has 0 spiro atoms. The van der Waals surface area contributed by atoms with Gasteiger partial charge in [-0.25, -0.2) is 0 Å². The summed E-state index contributed by atoms with van der Waals surface area (Å²) in [5, 5.41) is 36.5. The van der Waals surface area contributed by atoms with Gasteiger partial charge in [0.05, 0.1) is 6.61 Å². The Bertz CT molecular complexity index is 326. The van der Waals surface area contributed by atoms with E-state index in [1.807, 2.05) is 0 Å². The lowest BCUT2D eigenvalue weighted by Gasteiger charge is -2.22. The van der Waals surface area contributed by atoms with E-state index >= 15 is 0 Å². The first-order valence-corrected chi connectivity index (χ1v) is 5.63. The molecule has 0 saturated carbocycles. The van der Waals surface area contributed by atoms with E-state index in [1.54, 1.807) is 0 Å². The molecule has 1 saturated heterocycles. The van der Waals surface area contributed by atoms with Crippen molar-refractivity contribution in [1.82, 2.24) is 0 Å². The summed E-state index contributed by atoms with van der Waals surface area (Å²) in [6.45, 7) is -1.01. The van der Waals surface area contributed by atoms with E-state index in [9.17, 15) is 23.7 Å². The van der Waals surface area contributed by atoms with Crippen LogP contribution in [0, 0.1) is 0 Å². The van der Waals surface area contributed by atoms with Crippen LogP contribution < -0.4 is 0 Å². The minimum Gasteiger partial charge on any atom is -0.391 e. The van der Waals surface area contributed by atoms with Crippen molar-refractivity contribution in [1.29, 1.82) is 0 Å². The molecule has 0 unspecified atom stereocenters. The van der Waals surface area contributed by atoms with Crippen LogP contribution in [-0.2, 0) is 14.9 Å². The van der Waals surface area contributed by atoms with E-state index in [-0.39, 0.29) is 0 Å². The predicted molar refractivity (Wildman–Crippen MR) is 45.3 cm³/mol. The largest absolute Gasteiger partial charge is 0.391 e. The molecule has 0 aromatic rings. The van der Waals surface area contributed by atoms with Gasteiger partial charge in [-0.3, -0.25) is 4.55 Å². The minimum atomic E-state index is -4.41. The second-order valence-corrected chi connectivity index (χ2v) is 4.84. The molecule has 1 aliphatic heterocycles. The summed E-state index contributed by atoms with van der Waals surface area (Å²) in [7, 11) is -4.41. The maximum atomic E-state index is 10.5. The van der Waals surface area contributed by atoms with Crippen molar-refractivity contribution < 1.29 is 38.1 Å². The van der Waals surface area contributed by atoms with Gasteiger partial charge in [-0.2, -0.15) is 8.42 Å². The Balaban J connectivity index is 2.80. The first kappa shape index (κ1) is 12.8. The minimum absolute atomic E-state index is 0.979. The van der Waals surface area contributed by atoms with E-state index in [4.69, 9.17) is 9.66 Å². The fraction of sp³-hybridized carbons (Fsp3) is 1.00. The van der Waals surface area contributed by atoms with E-state index in [2.05, 4.69) is 4.74 Å². The normalized spacial score (nSPS) is 42.1. The average Bonchev–Trinajstić information content (AvgIpc) is 2.29. The number of ether oxygens (including phenoxy) is 1. The zero-order chi connectivity index (χ0) is 11.9. The molecule has 1 heterocycles. The van der Waals surface area contributed by atoms with Crippen LogP contribution in [0.3, 0.4) is 0 Å². The lowest BCUT2D eigenvalue weighted by molar-refractivity contribution is -0.243. The highest BCUT2D eigenvalue weighted by Gasteiger charge is 2.53. The van der Waals surface area contributed by atoms with Gasteiger partial charge in [-0.15, -0.1) is 0 Å². The van der Waals surface area contributed by atoms with Crippen LogP contribution in [0.4, 0.5) is 0 Å². The second kappa shape index (κ2) is 3.94. The summed E-state index contributed by atoms with van der Waals surface area (Å²) in [5.41, 5.74) is 0. The lowest BCUT2D eigenvalue weighted by Crippen LogP contribution is -2.46. The topological polar surface area (TPSA) is 145 Å². The second-order valence-electron chi connectivity index (χ2n) is 3.34. The van der Waals surface area contributed by atoms with Crippen LogP contribution in [-0.4, -0.2) is 69.9 Å². The standard InChI is InChI=1S/C6H12O8S/c7-2-6(10)5(9)4(8)3(14-6)1-15(11,12)13/h3-5,7-10H,1-2H2,(H,11,12,13)/t3-,4-,5+,6-/m1/s1. The Morgan fingerprint density at radius 2 is 1.87 bits per heavy atom. The highest BCUT2D eigenvalue weighted by molar-refractivity contribution is 7.85. The van der Waals surface area contributed by atoms with Crippen molar-refractivity contribution in [2.45, 2.75) is 24.1 Å². The Morgan fingerprint density at radius 1 is 1.33 bits per heavy atom. The molecule has 15 heavy (non-hydrogen) atoms. The molecular weight excluding hydrogens is 232 g/mol. The van der Waals surface area contributed by atoms with Crippen molar-refractivity contribution in [2.24, 2.45) is 0 Å². The fourth-order valence-corrected chi connectivity index (χ4v) is 2.02. The number of hydrogen-bond donors (Lipinski definition) is 5. The maximum Gasteiger partial charge on any atom is 0.267 e. The third-order valence-corrected chi connectivity index (χ3v) is 2.87. The molecular formula is C6H12O8S. The first-order valence-electron chi connectivity index (χ1n) is 4.02. The third kappa shape index (κ3) is 2.64. The highest BCUT2D eigenvalue weighted by atomic mass is 32.2. The predicted octanol–water partition coefficient (Wildman–Crippen LogP) is -3.32. The summed E-state index contributed by atoms with van der Waals surface area (Å²) in [6.07, 6.45) is -5.04. The molecule has 4 atom stereocenters. The SMILES string of the molecule is O=S(=O)(O)C[C@H]1O[C@](O)(CO)[C@@H](O)[C@@H]1O. The number of hydrogen-bond acceptors (Lipinski definition) is 7. The molecule has 1 rings (SSSR count). The smallest absolute Gasteiger partial charge is 0.267 e. The quantitative estimate of drug-likeness (QED) is 0.324. The number of aliphatic hydroxyl groups excluding tert-OH is 3. The molecule has 1 aliphatic rings. The zero-order valence-electron chi connectivity index (χ0n) is 7.52. The van der Waals surface area contributed by atoms with Crippen LogP contribution in [0.15, 0.2) is 0 Å². The van der Waals surface area contributed by atoms with Crippen molar-refractivity contribution >= 4 is 10.1 Å². The number of aliphatic hydroxyl groups is 4. The Hall–Kier alpha value is -0.290. The molecule has 0 amide bonds. The molecule has 0 radical (unpaired) electrons. The summed E-state index contributed by atoms with van der Waals surface area (Å²) in [6, 6.07) is 0. The van der Waals surface area contributed by atoms with Crippen LogP contribution in [0.25, 0.3) is 0 Å². The maximum absolute atomic E-state index is 10.5. The highest BCUT2D eigenvalue weighted by Crippen LogP contribution is 2.29. The van der Waals surface area contributed by atoms with Gasteiger partial charge in [-0.1, -0.05) is 0 Å². The van der Waals surface area contributed by atoms with Gasteiger partial charge in [0.15, 0.2) is 0 Å². The van der Waals surface area contributed by atoms with E-state index in [0.717, 1.165) is 0 Å². The molecule has 1 fully saturated rings. The van der Waals surface area contributed by atoms with Crippen LogP contribution in [0.2, 0.25) is 0 Å². The molecule has 8 nitrogen and oxygen atoms in total. The van der Waals surface area contributed by atoms with Gasteiger partial charge in [0, 0.05) is 0 Å². The number of rotatable bonds is 3. The van der Waals surface area contributed by atoms with Crippen molar-refractivity contribution in [3.8, 4) is 0 Å². The van der Waals surface area contributed by atoms with Gasteiger partial charge in [0.2, 0.25) is 5.79 Å². The summed E-state index contributed by atoms with van der Waals surface area (Å²) in [4.78, 5) is 0. The Labute approximate surface area is 85.5 Å². The van der Waals surface area contributed by atoms with Crippen molar-refractivity contribution in [3.63, 3.8) is 0 Å². The lowest BCUT2D eigenvalue weighted by atomic mass is 10.1. The summed E-state index contributed by atoms with van der Waals surface area (Å²) < 4.78 is 34.0. The van der Waals surface area contributed by atoms with E-state index < -0.39 is 46.6 Å². The first-order chi connectivity index (χ1) is 6.69. The summed E-state index contributed by atoms with van der Waals surface area (Å²) >= 11 is 0. The average molecular weight is 244 g/mol. The Morgan fingerprint density at radius 3 is 2.20 bits per heavy atom. The molecule has 90 valence electrons. The summed E-state index contributed by atoms with van der Waals surface area (Å²) in [5.74, 6) is -3.39. The molecule has 0 aliphatic carbocycles. The van der Waals surface area contributed by atoms with Crippen LogP contribution in [0.1, 0.15) is 0 Å². The molecule has 0 aromatic carbocycles. The van der Waals surface area contributed by atoms with Gasteiger partial charge >= 0.3 is 0 Å². The van der Waals surface area contributed by atoms with Crippen molar-refractivity contribution in [3.05, 3.63) is 0 Å². The third-order valence-electron chi connectivity index (χ3n) is 2.12. The molecule has 9 heteroatoms. The van der Waals surface area contributed by atoms with Gasteiger partial charge in [-0.05, 0) is 0 Å². The van der Waals surface area contributed by atoms with E-state index in [0.29, 0.717) is 0 Å². The molecule has 5 N–H and O–H groups in total.